The SMILES string of the molecule is O=C(O)[C@H](Cc1ccc(O)cc1)NC(=O)[C@@H]1CCCC[C@H]1C(=O)O. The quantitative estimate of drug-likeness (QED) is 0.623. The Hall–Kier alpha value is -2.57. The predicted molar refractivity (Wildman–Crippen MR) is 84.5 cm³/mol. The summed E-state index contributed by atoms with van der Waals surface area (Å²) in [6, 6.07) is 4.91. The summed E-state index contributed by atoms with van der Waals surface area (Å²) in [5, 5.41) is 30.3. The molecule has 0 spiro atoms. The maximum absolute atomic E-state index is 12.4. The van der Waals surface area contributed by atoms with E-state index in [4.69, 9.17) is 0 Å². The average molecular weight is 335 g/mol. The van der Waals surface area contributed by atoms with Gasteiger partial charge in [-0.1, -0.05) is 25.0 Å². The molecule has 1 aliphatic carbocycles. The molecule has 0 aliphatic heterocycles. The number of nitrogens with one attached hydrogen (secondary N) is 1. The van der Waals surface area contributed by atoms with Gasteiger partial charge in [0.2, 0.25) is 5.91 Å². The van der Waals surface area contributed by atoms with Crippen LogP contribution >= 0.6 is 0 Å². The first kappa shape index (κ1) is 17.8. The third-order valence-electron chi connectivity index (χ3n) is 4.41. The molecular weight excluding hydrogens is 314 g/mol. The highest BCUT2D eigenvalue weighted by molar-refractivity contribution is 5.88. The van der Waals surface area contributed by atoms with Crippen molar-refractivity contribution >= 4 is 17.8 Å². The molecule has 1 saturated carbocycles. The maximum atomic E-state index is 12.4. The van der Waals surface area contributed by atoms with Gasteiger partial charge in [-0.2, -0.15) is 0 Å². The summed E-state index contributed by atoms with van der Waals surface area (Å²) in [7, 11) is 0. The van der Waals surface area contributed by atoms with Crippen LogP contribution in [0.5, 0.6) is 5.75 Å². The molecule has 2 rings (SSSR count). The molecule has 0 saturated heterocycles. The van der Waals surface area contributed by atoms with Gasteiger partial charge in [0.25, 0.3) is 0 Å². The van der Waals surface area contributed by atoms with Crippen molar-refractivity contribution in [1.29, 1.82) is 0 Å². The number of phenols is 1. The highest BCUT2D eigenvalue weighted by Crippen LogP contribution is 2.30. The molecule has 3 atom stereocenters. The normalized spacial score (nSPS) is 21.7. The monoisotopic (exact) mass is 335 g/mol. The molecule has 130 valence electrons. The molecular formula is C17H21NO6. The Balaban J connectivity index is 2.06. The van der Waals surface area contributed by atoms with Gasteiger partial charge in [0.05, 0.1) is 11.8 Å². The highest BCUT2D eigenvalue weighted by Gasteiger charge is 2.37. The topological polar surface area (TPSA) is 124 Å². The molecule has 7 nitrogen and oxygen atoms in total. The van der Waals surface area contributed by atoms with Crippen LogP contribution < -0.4 is 5.32 Å². The number of aliphatic carboxylic acids is 2. The van der Waals surface area contributed by atoms with Crippen LogP contribution in [0.2, 0.25) is 0 Å². The molecule has 0 aromatic heterocycles. The van der Waals surface area contributed by atoms with E-state index >= 15 is 0 Å². The van der Waals surface area contributed by atoms with Crippen molar-refractivity contribution in [3.05, 3.63) is 29.8 Å². The summed E-state index contributed by atoms with van der Waals surface area (Å²) in [5.74, 6) is -4.10. The first-order valence-electron chi connectivity index (χ1n) is 7.92. The van der Waals surface area contributed by atoms with E-state index in [0.717, 1.165) is 12.8 Å². The largest absolute Gasteiger partial charge is 0.508 e. The lowest BCUT2D eigenvalue weighted by atomic mass is 9.78. The van der Waals surface area contributed by atoms with E-state index in [-0.39, 0.29) is 12.2 Å². The number of aromatic hydroxyl groups is 1. The van der Waals surface area contributed by atoms with Crippen molar-refractivity contribution in [2.24, 2.45) is 11.8 Å². The van der Waals surface area contributed by atoms with Crippen LogP contribution in [-0.2, 0) is 20.8 Å². The number of rotatable bonds is 6. The van der Waals surface area contributed by atoms with Crippen molar-refractivity contribution < 1.29 is 29.7 Å². The minimum atomic E-state index is -1.18. The molecule has 0 radical (unpaired) electrons. The molecule has 1 aromatic carbocycles. The van der Waals surface area contributed by atoms with Gasteiger partial charge in [-0.25, -0.2) is 4.79 Å². The second-order valence-corrected chi connectivity index (χ2v) is 6.11. The number of hydrogen-bond donors (Lipinski definition) is 4. The molecule has 0 unspecified atom stereocenters. The van der Waals surface area contributed by atoms with Crippen LogP contribution in [0.15, 0.2) is 24.3 Å². The summed E-state index contributed by atoms with van der Waals surface area (Å²) in [4.78, 5) is 35.1. The van der Waals surface area contributed by atoms with Gasteiger partial charge in [0, 0.05) is 6.42 Å². The number of carbonyl (C=O) groups is 3. The number of hydrogen-bond acceptors (Lipinski definition) is 4. The smallest absolute Gasteiger partial charge is 0.326 e. The lowest BCUT2D eigenvalue weighted by Gasteiger charge is -2.28. The first-order chi connectivity index (χ1) is 11.4. The van der Waals surface area contributed by atoms with Gasteiger partial charge in [-0.05, 0) is 30.5 Å². The molecule has 1 fully saturated rings. The van der Waals surface area contributed by atoms with Gasteiger partial charge in [-0.3, -0.25) is 9.59 Å². The molecule has 4 N–H and O–H groups in total. The molecule has 0 heterocycles. The zero-order valence-corrected chi connectivity index (χ0v) is 13.1. The summed E-state index contributed by atoms with van der Waals surface area (Å²) in [5.41, 5.74) is 0.652. The number of carbonyl (C=O) groups excluding carboxylic acids is 1. The maximum Gasteiger partial charge on any atom is 0.326 e. The van der Waals surface area contributed by atoms with E-state index in [1.807, 2.05) is 0 Å². The Kier molecular flexibility index (Phi) is 5.78. The third kappa shape index (κ3) is 4.47. The number of benzene rings is 1. The predicted octanol–water partition coefficient (Wildman–Crippen LogP) is 1.40. The van der Waals surface area contributed by atoms with Crippen molar-refractivity contribution in [1.82, 2.24) is 5.32 Å². The van der Waals surface area contributed by atoms with E-state index in [1.165, 1.54) is 12.1 Å². The van der Waals surface area contributed by atoms with Crippen LogP contribution in [0.1, 0.15) is 31.2 Å². The van der Waals surface area contributed by atoms with Crippen molar-refractivity contribution in [2.75, 3.05) is 0 Å². The number of carboxylic acids is 2. The highest BCUT2D eigenvalue weighted by atomic mass is 16.4. The van der Waals surface area contributed by atoms with Crippen molar-refractivity contribution in [3.8, 4) is 5.75 Å². The standard InChI is InChI=1S/C17H21NO6/c19-11-7-5-10(6-8-11)9-14(17(23)24)18-15(20)12-3-1-2-4-13(12)16(21)22/h5-8,12-14,19H,1-4,9H2,(H,18,20)(H,21,22)(H,23,24)/t12-,13-,14+/m1/s1. The summed E-state index contributed by atoms with van der Waals surface area (Å²) < 4.78 is 0. The van der Waals surface area contributed by atoms with Crippen LogP contribution in [0, 0.1) is 11.8 Å². The van der Waals surface area contributed by atoms with Crippen LogP contribution in [0.25, 0.3) is 0 Å². The summed E-state index contributed by atoms with van der Waals surface area (Å²) in [6.07, 6.45) is 2.47. The fraction of sp³-hybridized carbons (Fsp3) is 0.471. The lowest BCUT2D eigenvalue weighted by molar-refractivity contribution is -0.149. The van der Waals surface area contributed by atoms with Gasteiger partial charge in [0.15, 0.2) is 0 Å². The fourth-order valence-electron chi connectivity index (χ4n) is 3.09. The van der Waals surface area contributed by atoms with Gasteiger partial charge >= 0.3 is 11.9 Å². The second-order valence-electron chi connectivity index (χ2n) is 6.11. The Morgan fingerprint density at radius 2 is 1.62 bits per heavy atom. The first-order valence-corrected chi connectivity index (χ1v) is 7.92. The van der Waals surface area contributed by atoms with E-state index in [9.17, 15) is 29.7 Å². The summed E-state index contributed by atoms with van der Waals surface area (Å²) >= 11 is 0. The van der Waals surface area contributed by atoms with Crippen LogP contribution in [0.4, 0.5) is 0 Å². The molecule has 0 bridgehead atoms. The van der Waals surface area contributed by atoms with Gasteiger partial charge < -0.3 is 20.6 Å². The lowest BCUT2D eigenvalue weighted by Crippen LogP contribution is -2.48. The fourth-order valence-corrected chi connectivity index (χ4v) is 3.09. The molecule has 24 heavy (non-hydrogen) atoms. The van der Waals surface area contributed by atoms with Gasteiger partial charge in [-0.15, -0.1) is 0 Å². The van der Waals surface area contributed by atoms with Crippen molar-refractivity contribution in [3.63, 3.8) is 0 Å². The number of carboxylic acid groups (broad SMARTS) is 2. The Labute approximate surface area is 139 Å². The minimum absolute atomic E-state index is 0.0613. The number of amides is 1. The van der Waals surface area contributed by atoms with E-state index in [0.29, 0.717) is 18.4 Å². The molecule has 7 heteroatoms. The zero-order chi connectivity index (χ0) is 17.7. The summed E-state index contributed by atoms with van der Waals surface area (Å²) in [6.45, 7) is 0. The minimum Gasteiger partial charge on any atom is -0.508 e. The third-order valence-corrected chi connectivity index (χ3v) is 4.41. The van der Waals surface area contributed by atoms with E-state index in [1.54, 1.807) is 12.1 Å². The molecule has 1 aromatic rings. The zero-order valence-electron chi connectivity index (χ0n) is 13.1. The Morgan fingerprint density at radius 1 is 1.04 bits per heavy atom. The van der Waals surface area contributed by atoms with Gasteiger partial charge in [0.1, 0.15) is 11.8 Å². The Bertz CT molecular complexity index is 612. The van der Waals surface area contributed by atoms with E-state index < -0.39 is 35.7 Å². The van der Waals surface area contributed by atoms with Crippen LogP contribution in [0.3, 0.4) is 0 Å². The molecule has 1 aliphatic rings. The second kappa shape index (κ2) is 7.81. The Morgan fingerprint density at radius 3 is 2.17 bits per heavy atom. The number of phenolic OH excluding ortho intramolecular Hbond substituents is 1. The van der Waals surface area contributed by atoms with Crippen LogP contribution in [-0.4, -0.2) is 39.2 Å². The van der Waals surface area contributed by atoms with Crippen molar-refractivity contribution in [2.45, 2.75) is 38.1 Å². The average Bonchev–Trinajstić information content (AvgIpc) is 2.56. The molecule has 1 amide bonds. The van der Waals surface area contributed by atoms with E-state index in [2.05, 4.69) is 5.32 Å².